The SMILES string of the molecule is Cc1cc(CNC(=O)c2cc(C(=O)NC(C)c3ccc(/C(=N/N)N(N)CCN4CCOCC4)cc3)ncn2)ccc1F. The maximum Gasteiger partial charge on any atom is 0.270 e. The van der Waals surface area contributed by atoms with Crippen LogP contribution in [-0.2, 0) is 11.3 Å². The molecule has 1 aromatic heterocycles. The number of nitrogens with zero attached hydrogens (tertiary/aromatic N) is 5. The molecule has 1 saturated heterocycles. The molecule has 1 aliphatic rings. The molecule has 12 nitrogen and oxygen atoms in total. The molecule has 42 heavy (non-hydrogen) atoms. The normalized spacial score (nSPS) is 14.7. The molecule has 1 atom stereocenters. The first-order valence-corrected chi connectivity index (χ1v) is 13.6. The van der Waals surface area contributed by atoms with E-state index in [9.17, 15) is 14.0 Å². The molecule has 222 valence electrons. The first kappa shape index (κ1) is 30.5. The second-order valence-electron chi connectivity index (χ2n) is 9.97. The topological polar surface area (TPSA) is 164 Å². The van der Waals surface area contributed by atoms with Gasteiger partial charge >= 0.3 is 0 Å². The van der Waals surface area contributed by atoms with Gasteiger partial charge in [-0.15, -0.1) is 0 Å². The number of rotatable bonds is 10. The first-order chi connectivity index (χ1) is 20.2. The summed E-state index contributed by atoms with van der Waals surface area (Å²) in [4.78, 5) is 35.8. The quantitative estimate of drug-likeness (QED) is 0.121. The molecular formula is C29H36FN9O3. The highest BCUT2D eigenvalue weighted by molar-refractivity contribution is 5.98. The van der Waals surface area contributed by atoms with E-state index in [1.165, 1.54) is 17.1 Å². The zero-order valence-corrected chi connectivity index (χ0v) is 23.7. The predicted molar refractivity (Wildman–Crippen MR) is 156 cm³/mol. The summed E-state index contributed by atoms with van der Waals surface area (Å²) in [7, 11) is 0. The summed E-state index contributed by atoms with van der Waals surface area (Å²) in [6.07, 6.45) is 1.16. The molecule has 2 amide bonds. The molecule has 0 bridgehead atoms. The second kappa shape index (κ2) is 14.4. The highest BCUT2D eigenvalue weighted by atomic mass is 19.1. The average molecular weight is 578 g/mol. The van der Waals surface area contributed by atoms with E-state index in [-0.39, 0.29) is 29.8 Å². The van der Waals surface area contributed by atoms with Gasteiger partial charge in [-0.3, -0.25) is 19.5 Å². The summed E-state index contributed by atoms with van der Waals surface area (Å²) >= 11 is 0. The van der Waals surface area contributed by atoms with Crippen LogP contribution < -0.4 is 22.3 Å². The monoisotopic (exact) mass is 577 g/mol. The highest BCUT2D eigenvalue weighted by Gasteiger charge is 2.18. The van der Waals surface area contributed by atoms with Crippen molar-refractivity contribution in [2.75, 3.05) is 39.4 Å². The lowest BCUT2D eigenvalue weighted by Crippen LogP contribution is -2.46. The number of carbonyl (C=O) groups is 2. The van der Waals surface area contributed by atoms with Crippen LogP contribution in [0.4, 0.5) is 4.39 Å². The molecule has 1 fully saturated rings. The fraction of sp³-hybridized carbons (Fsp3) is 0.345. The van der Waals surface area contributed by atoms with E-state index >= 15 is 0 Å². The lowest BCUT2D eigenvalue weighted by molar-refractivity contribution is 0.0359. The van der Waals surface area contributed by atoms with Gasteiger partial charge in [0.1, 0.15) is 23.5 Å². The number of benzene rings is 2. The summed E-state index contributed by atoms with van der Waals surface area (Å²) in [6, 6.07) is 13.0. The van der Waals surface area contributed by atoms with Crippen molar-refractivity contribution >= 4 is 17.6 Å². The van der Waals surface area contributed by atoms with Crippen LogP contribution in [0.3, 0.4) is 0 Å². The lowest BCUT2D eigenvalue weighted by atomic mass is 10.1. The summed E-state index contributed by atoms with van der Waals surface area (Å²) in [5.74, 6) is 11.1. The van der Waals surface area contributed by atoms with E-state index in [0.29, 0.717) is 31.2 Å². The van der Waals surface area contributed by atoms with Crippen LogP contribution in [0.15, 0.2) is 60.0 Å². The number of ether oxygens (including phenoxy) is 1. The molecular weight excluding hydrogens is 541 g/mol. The first-order valence-electron chi connectivity index (χ1n) is 13.6. The predicted octanol–water partition coefficient (Wildman–Crippen LogP) is 1.47. The Hall–Kier alpha value is -4.46. The number of hydrazine groups is 1. The molecule has 2 heterocycles. The number of amidine groups is 1. The Morgan fingerprint density at radius 3 is 2.45 bits per heavy atom. The average Bonchev–Trinajstić information content (AvgIpc) is 3.01. The van der Waals surface area contributed by atoms with Crippen LogP contribution in [0.5, 0.6) is 0 Å². The van der Waals surface area contributed by atoms with E-state index < -0.39 is 11.8 Å². The molecule has 6 N–H and O–H groups in total. The zero-order valence-electron chi connectivity index (χ0n) is 23.7. The molecule has 13 heteroatoms. The molecule has 2 aromatic carbocycles. The minimum Gasteiger partial charge on any atom is -0.379 e. The molecule has 0 saturated carbocycles. The molecule has 0 spiro atoms. The summed E-state index contributed by atoms with van der Waals surface area (Å²) < 4.78 is 18.9. The van der Waals surface area contributed by atoms with Crippen molar-refractivity contribution in [2.45, 2.75) is 26.4 Å². The third-order valence-corrected chi connectivity index (χ3v) is 6.98. The van der Waals surface area contributed by atoms with Gasteiger partial charge in [-0.2, -0.15) is 5.10 Å². The van der Waals surface area contributed by atoms with Gasteiger partial charge < -0.3 is 21.2 Å². The van der Waals surface area contributed by atoms with Crippen LogP contribution in [0.2, 0.25) is 0 Å². The number of amides is 2. The zero-order chi connectivity index (χ0) is 30.1. The maximum absolute atomic E-state index is 13.5. The van der Waals surface area contributed by atoms with Crippen LogP contribution >= 0.6 is 0 Å². The minimum absolute atomic E-state index is 0.0412. The number of carbonyl (C=O) groups excluding carboxylic acids is 2. The second-order valence-corrected chi connectivity index (χ2v) is 9.97. The maximum atomic E-state index is 13.5. The number of nitrogens with two attached hydrogens (primary N) is 2. The van der Waals surface area contributed by atoms with Gasteiger partial charge in [0.25, 0.3) is 11.8 Å². The standard InChI is InChI=1S/C29H36FN9O3/c1-19-15-21(3-8-24(19)30)17-33-28(40)25-16-26(35-18-34-25)29(41)36-20(2)22-4-6-23(7-5-22)27(37-31)39(32)10-9-38-11-13-42-14-12-38/h3-8,15-16,18,20H,9-14,17,31-32H2,1-2H3,(H,33,40)(H,36,41)/b37-27-. The summed E-state index contributed by atoms with van der Waals surface area (Å²) in [5, 5.41) is 11.0. The van der Waals surface area contributed by atoms with E-state index in [1.54, 1.807) is 19.1 Å². The minimum atomic E-state index is -0.478. The number of halogens is 1. The Bertz CT molecular complexity index is 1410. The van der Waals surface area contributed by atoms with E-state index in [1.807, 2.05) is 31.2 Å². The van der Waals surface area contributed by atoms with Gasteiger partial charge in [0, 0.05) is 44.4 Å². The van der Waals surface area contributed by atoms with Gasteiger partial charge in [0.15, 0.2) is 5.84 Å². The Morgan fingerprint density at radius 1 is 1.10 bits per heavy atom. The number of aryl methyl sites for hydroxylation is 1. The van der Waals surface area contributed by atoms with Crippen molar-refractivity contribution in [1.82, 2.24) is 30.5 Å². The van der Waals surface area contributed by atoms with Crippen LogP contribution in [-0.4, -0.2) is 76.9 Å². The number of nitrogens with one attached hydrogen (secondary N) is 2. The fourth-order valence-electron chi connectivity index (χ4n) is 4.46. The third-order valence-electron chi connectivity index (χ3n) is 6.98. The van der Waals surface area contributed by atoms with Crippen LogP contribution in [0.25, 0.3) is 0 Å². The van der Waals surface area contributed by atoms with Gasteiger partial charge in [-0.05, 0) is 36.6 Å². The van der Waals surface area contributed by atoms with Crippen molar-refractivity contribution in [1.29, 1.82) is 0 Å². The number of hydrogen-bond acceptors (Lipinski definition) is 9. The van der Waals surface area contributed by atoms with Crippen LogP contribution in [0, 0.1) is 12.7 Å². The molecule has 4 rings (SSSR count). The highest BCUT2D eigenvalue weighted by Crippen LogP contribution is 2.16. The summed E-state index contributed by atoms with van der Waals surface area (Å²) in [6.45, 7) is 8.14. The van der Waals surface area contributed by atoms with Crippen molar-refractivity contribution in [3.05, 3.63) is 94.3 Å². The molecule has 1 unspecified atom stereocenters. The number of hydrazone groups is 1. The smallest absolute Gasteiger partial charge is 0.270 e. The molecule has 0 aliphatic carbocycles. The number of morpholine rings is 1. The molecule has 3 aromatic rings. The largest absolute Gasteiger partial charge is 0.379 e. The third kappa shape index (κ3) is 8.06. The Labute approximate surface area is 243 Å². The van der Waals surface area contributed by atoms with Gasteiger partial charge in [0.2, 0.25) is 0 Å². The van der Waals surface area contributed by atoms with Crippen molar-refractivity contribution < 1.29 is 18.7 Å². The van der Waals surface area contributed by atoms with Gasteiger partial charge in [-0.25, -0.2) is 20.2 Å². The van der Waals surface area contributed by atoms with Crippen LogP contribution in [0.1, 0.15) is 56.2 Å². The Balaban J connectivity index is 1.32. The fourth-order valence-corrected chi connectivity index (χ4v) is 4.46. The number of hydrogen-bond donors (Lipinski definition) is 4. The van der Waals surface area contributed by atoms with E-state index in [2.05, 4.69) is 30.6 Å². The molecule has 1 aliphatic heterocycles. The van der Waals surface area contributed by atoms with Crippen molar-refractivity contribution in [2.24, 2.45) is 16.8 Å². The van der Waals surface area contributed by atoms with E-state index in [4.69, 9.17) is 16.4 Å². The molecule has 0 radical (unpaired) electrons. The Kier molecular flexibility index (Phi) is 10.5. The van der Waals surface area contributed by atoms with Crippen molar-refractivity contribution in [3.8, 4) is 0 Å². The number of aromatic nitrogens is 2. The lowest BCUT2D eigenvalue weighted by Gasteiger charge is -2.29. The Morgan fingerprint density at radius 2 is 1.79 bits per heavy atom. The van der Waals surface area contributed by atoms with Gasteiger partial charge in [-0.1, -0.05) is 36.4 Å². The van der Waals surface area contributed by atoms with Crippen molar-refractivity contribution in [3.63, 3.8) is 0 Å². The van der Waals surface area contributed by atoms with E-state index in [0.717, 1.165) is 42.7 Å². The van der Waals surface area contributed by atoms with Gasteiger partial charge in [0.05, 0.1) is 19.3 Å². The summed E-state index contributed by atoms with van der Waals surface area (Å²) in [5.41, 5.74) is 2.90.